The van der Waals surface area contributed by atoms with E-state index in [1.54, 1.807) is 4.57 Å². The first-order valence-corrected chi connectivity index (χ1v) is 8.74. The van der Waals surface area contributed by atoms with Crippen LogP contribution in [0.25, 0.3) is 11.1 Å². The highest BCUT2D eigenvalue weighted by Crippen LogP contribution is 2.18. The van der Waals surface area contributed by atoms with Crippen LogP contribution in [0.15, 0.2) is 21.5 Å². The topological polar surface area (TPSA) is 48.0 Å². The largest absolute Gasteiger partial charge is 0.443 e. The molecule has 0 unspecified atom stereocenters. The lowest BCUT2D eigenvalue weighted by molar-refractivity contribution is 0.512. The monoisotopic (exact) mass is 304 g/mol. The van der Waals surface area contributed by atoms with Gasteiger partial charge >= 0.3 is 5.69 Å². The third-order valence-corrected chi connectivity index (χ3v) is 4.06. The summed E-state index contributed by atoms with van der Waals surface area (Å²) in [7, 11) is 0. The van der Waals surface area contributed by atoms with E-state index >= 15 is 0 Å². The summed E-state index contributed by atoms with van der Waals surface area (Å²) in [5.41, 5.74) is 0.285. The van der Waals surface area contributed by atoms with Crippen molar-refractivity contribution >= 4 is 11.1 Å². The Morgan fingerprint density at radius 3 is 2.55 bits per heavy atom. The fraction of sp³-hybridized carbons (Fsp3) is 0.667. The maximum atomic E-state index is 12.0. The highest BCUT2D eigenvalue weighted by Gasteiger charge is 2.08. The minimum absolute atomic E-state index is 0.201. The Morgan fingerprint density at radius 2 is 1.77 bits per heavy atom. The molecular formula is C18H28N2O2. The quantitative estimate of drug-likeness (QED) is 0.598. The Morgan fingerprint density at radius 1 is 1.05 bits per heavy atom. The maximum Gasteiger partial charge on any atom is 0.350 e. The molecule has 0 aromatic carbocycles. The zero-order chi connectivity index (χ0) is 15.8. The van der Waals surface area contributed by atoms with Gasteiger partial charge in [0.25, 0.3) is 0 Å². The molecule has 0 atom stereocenters. The highest BCUT2D eigenvalue weighted by molar-refractivity contribution is 5.72. The first-order chi connectivity index (χ1) is 10.7. The average molecular weight is 304 g/mol. The van der Waals surface area contributed by atoms with Crippen LogP contribution in [0.1, 0.15) is 71.0 Å². The number of furan rings is 1. The molecule has 0 fully saturated rings. The Kier molecular flexibility index (Phi) is 6.69. The van der Waals surface area contributed by atoms with E-state index in [-0.39, 0.29) is 5.69 Å². The number of unbranched alkanes of at least 4 members (excludes halogenated alkanes) is 6. The second-order valence-corrected chi connectivity index (χ2v) is 6.06. The molecule has 0 N–H and O–H groups in total. The lowest BCUT2D eigenvalue weighted by atomic mass is 10.1. The molecule has 0 bridgehead atoms. The van der Waals surface area contributed by atoms with Crippen molar-refractivity contribution in [3.63, 3.8) is 0 Å². The molecule has 4 nitrogen and oxygen atoms in total. The Balaban J connectivity index is 1.98. The van der Waals surface area contributed by atoms with E-state index < -0.39 is 0 Å². The molecule has 2 aromatic heterocycles. The molecule has 0 spiro atoms. The van der Waals surface area contributed by atoms with Crippen molar-refractivity contribution in [2.75, 3.05) is 0 Å². The summed E-state index contributed by atoms with van der Waals surface area (Å²) in [6.45, 7) is 5.13. The summed E-state index contributed by atoms with van der Waals surface area (Å²) in [6, 6.07) is 2.04. The van der Waals surface area contributed by atoms with Gasteiger partial charge in [0.15, 0.2) is 0 Å². The van der Waals surface area contributed by atoms with E-state index in [0.29, 0.717) is 5.71 Å². The molecule has 22 heavy (non-hydrogen) atoms. The summed E-state index contributed by atoms with van der Waals surface area (Å²) in [5.74, 6) is 0.949. The van der Waals surface area contributed by atoms with Crippen molar-refractivity contribution in [3.05, 3.63) is 28.5 Å². The molecule has 2 aromatic rings. The van der Waals surface area contributed by atoms with Gasteiger partial charge in [-0.05, 0) is 18.9 Å². The molecule has 4 heteroatoms. The minimum atomic E-state index is -0.201. The molecule has 0 saturated heterocycles. The van der Waals surface area contributed by atoms with E-state index in [2.05, 4.69) is 18.8 Å². The second kappa shape index (κ2) is 8.76. The molecule has 2 heterocycles. The molecule has 122 valence electrons. The number of aryl methyl sites for hydroxylation is 2. The third kappa shape index (κ3) is 4.72. The fourth-order valence-corrected chi connectivity index (χ4v) is 2.72. The van der Waals surface area contributed by atoms with Gasteiger partial charge < -0.3 is 4.42 Å². The third-order valence-electron chi connectivity index (χ3n) is 4.06. The summed E-state index contributed by atoms with van der Waals surface area (Å²) in [5, 5.41) is 0.944. The fourth-order valence-electron chi connectivity index (χ4n) is 2.72. The molecule has 0 radical (unpaired) electrons. The first kappa shape index (κ1) is 16.8. The highest BCUT2D eigenvalue weighted by atomic mass is 16.3. The Hall–Kier alpha value is -1.58. The van der Waals surface area contributed by atoms with E-state index in [1.807, 2.05) is 12.3 Å². The van der Waals surface area contributed by atoms with Crippen LogP contribution >= 0.6 is 0 Å². The summed E-state index contributed by atoms with van der Waals surface area (Å²) in [4.78, 5) is 16.0. The van der Waals surface area contributed by atoms with E-state index in [9.17, 15) is 4.79 Å². The van der Waals surface area contributed by atoms with Gasteiger partial charge in [-0.3, -0.25) is 4.57 Å². The summed E-state index contributed by atoms with van der Waals surface area (Å²) in [6.07, 6.45) is 12.4. The van der Waals surface area contributed by atoms with Crippen molar-refractivity contribution in [2.24, 2.45) is 0 Å². The molecule has 2 rings (SSSR count). The van der Waals surface area contributed by atoms with Crippen LogP contribution in [0.2, 0.25) is 0 Å². The SMILES string of the molecule is CCCCCCCc1cc2cn(CCCCC)c(=O)nc2o1. The zero-order valence-electron chi connectivity index (χ0n) is 13.9. The Bertz CT molecular complexity index is 628. The van der Waals surface area contributed by atoms with Gasteiger partial charge in [0, 0.05) is 19.2 Å². The lowest BCUT2D eigenvalue weighted by Gasteiger charge is -2.03. The van der Waals surface area contributed by atoms with Crippen molar-refractivity contribution in [2.45, 2.75) is 78.2 Å². The van der Waals surface area contributed by atoms with Crippen LogP contribution in [-0.4, -0.2) is 9.55 Å². The van der Waals surface area contributed by atoms with Crippen LogP contribution in [0.5, 0.6) is 0 Å². The molecular weight excluding hydrogens is 276 g/mol. The van der Waals surface area contributed by atoms with Crippen LogP contribution in [0.3, 0.4) is 0 Å². The van der Waals surface area contributed by atoms with E-state index in [4.69, 9.17) is 4.42 Å². The van der Waals surface area contributed by atoms with Crippen molar-refractivity contribution in [3.8, 4) is 0 Å². The predicted octanol–water partition coefficient (Wildman–Crippen LogP) is 4.69. The number of nitrogens with zero attached hydrogens (tertiary/aromatic N) is 2. The lowest BCUT2D eigenvalue weighted by Crippen LogP contribution is -2.21. The van der Waals surface area contributed by atoms with Gasteiger partial charge in [-0.1, -0.05) is 52.4 Å². The molecule has 0 saturated carbocycles. The molecule has 0 aliphatic carbocycles. The predicted molar refractivity (Wildman–Crippen MR) is 90.3 cm³/mol. The second-order valence-electron chi connectivity index (χ2n) is 6.06. The Labute approximate surface area is 132 Å². The molecule has 0 aliphatic heterocycles. The number of fused-ring (bicyclic) bond motifs is 1. The van der Waals surface area contributed by atoms with Gasteiger partial charge in [0.05, 0.1) is 5.39 Å². The van der Waals surface area contributed by atoms with Crippen molar-refractivity contribution in [1.82, 2.24) is 9.55 Å². The van der Waals surface area contributed by atoms with Crippen molar-refractivity contribution < 1.29 is 4.42 Å². The van der Waals surface area contributed by atoms with Crippen LogP contribution in [0.4, 0.5) is 0 Å². The van der Waals surface area contributed by atoms with Crippen molar-refractivity contribution in [1.29, 1.82) is 0 Å². The summed E-state index contributed by atoms with van der Waals surface area (Å²) >= 11 is 0. The maximum absolute atomic E-state index is 12.0. The number of aromatic nitrogens is 2. The van der Waals surface area contributed by atoms with Gasteiger partial charge in [0.2, 0.25) is 5.71 Å². The van der Waals surface area contributed by atoms with Crippen LogP contribution in [0, 0.1) is 0 Å². The van der Waals surface area contributed by atoms with Gasteiger partial charge in [-0.2, -0.15) is 4.98 Å². The number of hydrogen-bond donors (Lipinski definition) is 0. The van der Waals surface area contributed by atoms with Gasteiger partial charge in [0.1, 0.15) is 5.76 Å². The zero-order valence-corrected chi connectivity index (χ0v) is 13.9. The van der Waals surface area contributed by atoms with Crippen LogP contribution < -0.4 is 5.69 Å². The van der Waals surface area contributed by atoms with Gasteiger partial charge in [-0.25, -0.2) is 4.79 Å². The van der Waals surface area contributed by atoms with Crippen LogP contribution in [-0.2, 0) is 13.0 Å². The van der Waals surface area contributed by atoms with E-state index in [1.165, 1.54) is 25.7 Å². The molecule has 0 amide bonds. The summed E-state index contributed by atoms with van der Waals surface area (Å²) < 4.78 is 7.42. The molecule has 0 aliphatic rings. The first-order valence-electron chi connectivity index (χ1n) is 8.74. The number of hydrogen-bond acceptors (Lipinski definition) is 3. The van der Waals surface area contributed by atoms with E-state index in [0.717, 1.165) is 49.8 Å². The normalized spacial score (nSPS) is 11.4. The number of rotatable bonds is 10. The van der Waals surface area contributed by atoms with Gasteiger partial charge in [-0.15, -0.1) is 0 Å². The standard InChI is InChI=1S/C18H28N2O2/c1-3-5-7-8-9-11-16-13-15-14-20(12-10-6-4-2)18(21)19-17(15)22-16/h13-14H,3-12H2,1-2H3. The minimum Gasteiger partial charge on any atom is -0.443 e. The smallest absolute Gasteiger partial charge is 0.350 e. The average Bonchev–Trinajstić information content (AvgIpc) is 2.89.